The van der Waals surface area contributed by atoms with Crippen molar-refractivity contribution in [3.63, 3.8) is 0 Å². The summed E-state index contributed by atoms with van der Waals surface area (Å²) in [4.78, 5) is 12.6. The quantitative estimate of drug-likeness (QED) is 0.829. The Morgan fingerprint density at radius 2 is 1.56 bits per heavy atom. The monoisotopic (exact) mass is 248 g/mol. The summed E-state index contributed by atoms with van der Waals surface area (Å²) >= 11 is 0. The first-order valence-corrected chi connectivity index (χ1v) is 6.53. The number of aryl methyl sites for hydroxylation is 2. The van der Waals surface area contributed by atoms with Crippen molar-refractivity contribution in [2.75, 3.05) is 6.61 Å². The second-order valence-corrected chi connectivity index (χ2v) is 5.53. The van der Waals surface area contributed by atoms with Gasteiger partial charge >= 0.3 is 0 Å². The van der Waals surface area contributed by atoms with Crippen LogP contribution in [0.1, 0.15) is 46.5 Å². The summed E-state index contributed by atoms with van der Waals surface area (Å²) in [6, 6.07) is 2.12. The molecule has 0 saturated heterocycles. The number of hydrogen-bond acceptors (Lipinski definition) is 2. The molecule has 1 aromatic carbocycles. The zero-order chi connectivity index (χ0) is 14.0. The lowest BCUT2D eigenvalue weighted by Gasteiger charge is -2.21. The first-order chi connectivity index (χ1) is 8.31. The number of benzene rings is 1. The summed E-state index contributed by atoms with van der Waals surface area (Å²) in [7, 11) is 0. The smallest absolute Gasteiger partial charge is 0.169 e. The van der Waals surface area contributed by atoms with Gasteiger partial charge in [0.1, 0.15) is 0 Å². The molecule has 0 aliphatic heterocycles. The molecular formula is C16H24O2. The molecule has 0 saturated carbocycles. The maximum atomic E-state index is 12.6. The molecule has 1 unspecified atom stereocenters. The summed E-state index contributed by atoms with van der Waals surface area (Å²) in [5.74, 6) is -0.0694. The van der Waals surface area contributed by atoms with Crippen molar-refractivity contribution in [3.05, 3.63) is 33.9 Å². The Morgan fingerprint density at radius 1 is 1.11 bits per heavy atom. The highest BCUT2D eigenvalue weighted by Crippen LogP contribution is 2.26. The number of aliphatic hydroxyl groups is 1. The Bertz CT molecular complexity index is 432. The molecule has 0 amide bonds. The van der Waals surface area contributed by atoms with Crippen LogP contribution in [-0.2, 0) is 0 Å². The maximum Gasteiger partial charge on any atom is 0.169 e. The number of rotatable bonds is 4. The van der Waals surface area contributed by atoms with Crippen LogP contribution >= 0.6 is 0 Å². The molecular weight excluding hydrogens is 224 g/mol. The Balaban J connectivity index is 3.37. The summed E-state index contributed by atoms with van der Waals surface area (Å²) in [6.45, 7) is 11.9. The molecule has 0 aliphatic carbocycles. The molecule has 0 aliphatic rings. The highest BCUT2D eigenvalue weighted by molar-refractivity contribution is 6.01. The van der Waals surface area contributed by atoms with Crippen LogP contribution in [0.25, 0.3) is 0 Å². The van der Waals surface area contributed by atoms with Crippen molar-refractivity contribution in [2.24, 2.45) is 11.8 Å². The molecule has 0 bridgehead atoms. The van der Waals surface area contributed by atoms with Gasteiger partial charge in [0.25, 0.3) is 0 Å². The van der Waals surface area contributed by atoms with Crippen LogP contribution in [0.15, 0.2) is 6.07 Å². The van der Waals surface area contributed by atoms with Crippen LogP contribution in [0.2, 0.25) is 0 Å². The predicted octanol–water partition coefficient (Wildman–Crippen LogP) is 3.37. The minimum Gasteiger partial charge on any atom is -0.396 e. The van der Waals surface area contributed by atoms with Gasteiger partial charge in [-0.2, -0.15) is 0 Å². The lowest BCUT2D eigenvalue weighted by atomic mass is 9.83. The molecule has 100 valence electrons. The van der Waals surface area contributed by atoms with E-state index in [1.54, 1.807) is 0 Å². The molecule has 0 radical (unpaired) electrons. The van der Waals surface area contributed by atoms with E-state index in [1.807, 2.05) is 41.5 Å². The summed E-state index contributed by atoms with van der Waals surface area (Å²) in [5.41, 5.74) is 5.17. The molecule has 18 heavy (non-hydrogen) atoms. The molecule has 2 nitrogen and oxygen atoms in total. The average Bonchev–Trinajstić information content (AvgIpc) is 2.27. The average molecular weight is 248 g/mol. The summed E-state index contributed by atoms with van der Waals surface area (Å²) in [6.07, 6.45) is 0. The van der Waals surface area contributed by atoms with Crippen molar-refractivity contribution in [2.45, 2.75) is 41.5 Å². The molecule has 0 fully saturated rings. The van der Waals surface area contributed by atoms with E-state index in [0.717, 1.165) is 27.8 Å². The number of hydrogen-bond donors (Lipinski definition) is 1. The van der Waals surface area contributed by atoms with Gasteiger partial charge in [0.05, 0.1) is 6.61 Å². The molecule has 0 heterocycles. The first kappa shape index (κ1) is 14.9. The van der Waals surface area contributed by atoms with Gasteiger partial charge < -0.3 is 5.11 Å². The Morgan fingerprint density at radius 3 is 1.89 bits per heavy atom. The van der Waals surface area contributed by atoms with Gasteiger partial charge in [-0.25, -0.2) is 0 Å². The van der Waals surface area contributed by atoms with E-state index in [4.69, 9.17) is 0 Å². The van der Waals surface area contributed by atoms with Crippen LogP contribution in [0, 0.1) is 39.5 Å². The lowest BCUT2D eigenvalue weighted by Crippen LogP contribution is -2.26. The number of carbonyl (C=O) groups excluding carboxylic acids is 1. The fourth-order valence-electron chi connectivity index (χ4n) is 2.37. The number of ketones is 1. The second-order valence-electron chi connectivity index (χ2n) is 5.53. The molecule has 2 heteroatoms. The summed E-state index contributed by atoms with van der Waals surface area (Å²) in [5, 5.41) is 9.43. The SMILES string of the molecule is Cc1cc(C)c(C)c(C(=O)C(CO)C(C)C)c1C. The van der Waals surface area contributed by atoms with Crippen molar-refractivity contribution in [1.29, 1.82) is 0 Å². The zero-order valence-corrected chi connectivity index (χ0v) is 12.3. The highest BCUT2D eigenvalue weighted by Gasteiger charge is 2.26. The van der Waals surface area contributed by atoms with Gasteiger partial charge in [-0.1, -0.05) is 19.9 Å². The molecule has 1 rings (SSSR count). The van der Waals surface area contributed by atoms with Gasteiger partial charge in [-0.05, 0) is 55.9 Å². The number of aliphatic hydroxyl groups excluding tert-OH is 1. The van der Waals surface area contributed by atoms with Crippen LogP contribution in [-0.4, -0.2) is 17.5 Å². The van der Waals surface area contributed by atoms with Gasteiger partial charge in [0.2, 0.25) is 0 Å². The van der Waals surface area contributed by atoms with Crippen LogP contribution in [0.3, 0.4) is 0 Å². The van der Waals surface area contributed by atoms with E-state index >= 15 is 0 Å². The molecule has 0 aromatic heterocycles. The maximum absolute atomic E-state index is 12.6. The largest absolute Gasteiger partial charge is 0.396 e. The lowest BCUT2D eigenvalue weighted by molar-refractivity contribution is 0.0805. The van der Waals surface area contributed by atoms with E-state index in [9.17, 15) is 9.90 Å². The Labute approximate surface area is 110 Å². The van der Waals surface area contributed by atoms with Gasteiger partial charge in [0, 0.05) is 11.5 Å². The molecule has 1 aromatic rings. The molecule has 1 N–H and O–H groups in total. The Hall–Kier alpha value is -1.15. The topological polar surface area (TPSA) is 37.3 Å². The van der Waals surface area contributed by atoms with E-state index in [0.29, 0.717) is 0 Å². The van der Waals surface area contributed by atoms with Crippen LogP contribution in [0.5, 0.6) is 0 Å². The fraction of sp³-hybridized carbons (Fsp3) is 0.562. The number of carbonyl (C=O) groups is 1. The minimum atomic E-state index is -0.302. The van der Waals surface area contributed by atoms with Crippen LogP contribution < -0.4 is 0 Å². The van der Waals surface area contributed by atoms with E-state index < -0.39 is 0 Å². The predicted molar refractivity (Wildman–Crippen MR) is 75.1 cm³/mol. The Kier molecular flexibility index (Phi) is 4.69. The van der Waals surface area contributed by atoms with Crippen molar-refractivity contribution in [3.8, 4) is 0 Å². The van der Waals surface area contributed by atoms with Gasteiger partial charge in [0.15, 0.2) is 5.78 Å². The molecule has 1 atom stereocenters. The summed E-state index contributed by atoms with van der Waals surface area (Å²) < 4.78 is 0. The third-order valence-electron chi connectivity index (χ3n) is 3.95. The third kappa shape index (κ3) is 2.64. The van der Waals surface area contributed by atoms with E-state index in [2.05, 4.69) is 6.07 Å². The normalized spacial score (nSPS) is 12.9. The fourth-order valence-corrected chi connectivity index (χ4v) is 2.37. The van der Waals surface area contributed by atoms with Crippen LogP contribution in [0.4, 0.5) is 0 Å². The first-order valence-electron chi connectivity index (χ1n) is 6.53. The van der Waals surface area contributed by atoms with Crippen molar-refractivity contribution < 1.29 is 9.90 Å². The number of Topliss-reactive ketones (excluding diaryl/α,β-unsaturated/α-hetero) is 1. The van der Waals surface area contributed by atoms with Crippen molar-refractivity contribution >= 4 is 5.78 Å². The third-order valence-corrected chi connectivity index (χ3v) is 3.95. The standard InChI is InChI=1S/C16H24O2/c1-9(2)14(8-17)16(18)15-12(5)10(3)7-11(4)13(15)6/h7,9,14,17H,8H2,1-6H3. The second kappa shape index (κ2) is 5.66. The minimum absolute atomic E-state index is 0.0781. The highest BCUT2D eigenvalue weighted by atomic mass is 16.3. The zero-order valence-electron chi connectivity index (χ0n) is 12.3. The van der Waals surface area contributed by atoms with Gasteiger partial charge in [-0.3, -0.25) is 4.79 Å². The van der Waals surface area contributed by atoms with E-state index in [-0.39, 0.29) is 24.2 Å². The van der Waals surface area contributed by atoms with Gasteiger partial charge in [-0.15, -0.1) is 0 Å². The van der Waals surface area contributed by atoms with E-state index in [1.165, 1.54) is 0 Å². The van der Waals surface area contributed by atoms with Crippen molar-refractivity contribution in [1.82, 2.24) is 0 Å². The molecule has 0 spiro atoms.